The van der Waals surface area contributed by atoms with Crippen LogP contribution in [0.3, 0.4) is 0 Å². The topological polar surface area (TPSA) is 175 Å². The van der Waals surface area contributed by atoms with Gasteiger partial charge in [-0.1, -0.05) is 50.6 Å². The van der Waals surface area contributed by atoms with Crippen LogP contribution in [0.4, 0.5) is 8.78 Å². The molecule has 3 aromatic rings. The molecule has 0 aliphatic rings. The van der Waals surface area contributed by atoms with Gasteiger partial charge >= 0.3 is 0 Å². The van der Waals surface area contributed by atoms with E-state index in [1.54, 1.807) is 31.2 Å². The molecule has 14 heteroatoms. The maximum Gasteiger partial charge on any atom is 0.253 e. The summed E-state index contributed by atoms with van der Waals surface area (Å²) in [4.78, 5) is 43.3. The molecule has 0 saturated heterocycles. The van der Waals surface area contributed by atoms with Gasteiger partial charge < -0.3 is 26.2 Å². The van der Waals surface area contributed by atoms with Crippen LogP contribution < -0.4 is 16.0 Å². The first-order valence-corrected chi connectivity index (χ1v) is 17.0. The number of sulfone groups is 1. The Hall–Kier alpha value is -4.27. The summed E-state index contributed by atoms with van der Waals surface area (Å²) in [5.41, 5.74) is 0.829. The molecular formula is C33H40F2N4O7S. The molecule has 0 radical (unpaired) electrons. The van der Waals surface area contributed by atoms with Gasteiger partial charge in [0, 0.05) is 25.0 Å². The molecule has 3 rings (SSSR count). The van der Waals surface area contributed by atoms with Gasteiger partial charge in [-0.2, -0.15) is 0 Å². The Morgan fingerprint density at radius 3 is 2.19 bits per heavy atom. The maximum atomic E-state index is 14.1. The average molecular weight is 675 g/mol. The fourth-order valence-corrected chi connectivity index (χ4v) is 6.42. The molecular weight excluding hydrogens is 634 g/mol. The molecule has 0 fully saturated rings. The largest absolute Gasteiger partial charge is 0.390 e. The van der Waals surface area contributed by atoms with Gasteiger partial charge in [0.05, 0.1) is 35.1 Å². The van der Waals surface area contributed by atoms with Gasteiger partial charge in [-0.15, -0.1) is 0 Å². The summed E-state index contributed by atoms with van der Waals surface area (Å²) in [5, 5.41) is 29.8. The number of hydrogen-bond acceptors (Lipinski definition) is 8. The summed E-state index contributed by atoms with van der Waals surface area (Å²) in [6.07, 6.45) is -0.571. The number of unbranched alkanes of at least 4 members (excludes halogenated alkanes) is 1. The third-order valence-corrected chi connectivity index (χ3v) is 9.23. The van der Waals surface area contributed by atoms with Gasteiger partial charge in [0.25, 0.3) is 5.91 Å². The number of carbonyl (C=O) groups excluding carboxylic acids is 3. The molecule has 5 atom stereocenters. The first-order valence-electron chi connectivity index (χ1n) is 15.1. The number of aromatic nitrogens is 1. The lowest BCUT2D eigenvalue weighted by atomic mass is 9.90. The molecule has 0 saturated carbocycles. The lowest BCUT2D eigenvalue weighted by Crippen LogP contribution is -2.58. The number of nitrogens with zero attached hydrogens (tertiary/aromatic N) is 1. The molecule has 0 bridgehead atoms. The number of pyridine rings is 1. The number of aliphatic hydroxyl groups is 2. The first-order chi connectivity index (χ1) is 22.3. The van der Waals surface area contributed by atoms with E-state index in [1.807, 2.05) is 6.07 Å². The number of carbonyl (C=O) groups is 3. The Morgan fingerprint density at radius 2 is 1.57 bits per heavy atom. The van der Waals surface area contributed by atoms with Gasteiger partial charge in [0.1, 0.15) is 23.8 Å². The molecule has 1 aromatic heterocycles. The zero-order valence-corrected chi connectivity index (χ0v) is 26.9. The summed E-state index contributed by atoms with van der Waals surface area (Å²) >= 11 is 0. The van der Waals surface area contributed by atoms with Crippen molar-refractivity contribution in [2.45, 2.75) is 63.9 Å². The summed E-state index contributed by atoms with van der Waals surface area (Å²) in [5.74, 6) is -6.58. The highest BCUT2D eigenvalue weighted by Crippen LogP contribution is 2.18. The van der Waals surface area contributed by atoms with E-state index in [1.165, 1.54) is 31.5 Å². The van der Waals surface area contributed by atoms with E-state index in [4.69, 9.17) is 0 Å². The Labute approximate surface area is 272 Å². The van der Waals surface area contributed by atoms with Crippen LogP contribution in [0.1, 0.15) is 48.2 Å². The number of rotatable bonds is 17. The number of amides is 3. The molecule has 5 N–H and O–H groups in total. The minimum Gasteiger partial charge on any atom is -0.390 e. The highest BCUT2D eigenvalue weighted by Gasteiger charge is 2.37. The number of aliphatic hydroxyl groups excluding tert-OH is 2. The van der Waals surface area contributed by atoms with Crippen LogP contribution >= 0.6 is 0 Å². The second-order valence-electron chi connectivity index (χ2n) is 11.3. The van der Waals surface area contributed by atoms with Gasteiger partial charge in [-0.05, 0) is 48.2 Å². The normalized spacial score (nSPS) is 14.7. The predicted molar refractivity (Wildman–Crippen MR) is 171 cm³/mol. The SMILES string of the molecule is CCCCS(=O)(=O)CC(NC(=O)c1cccnc1)C(=O)N[C@@H](Cc1cc(F)cc(F)c1)[C@@H](O)[C@H](O)[C@@H](C)C(=O)NCc1ccccc1. The molecule has 2 aromatic carbocycles. The number of benzene rings is 2. The minimum atomic E-state index is -3.87. The molecule has 1 heterocycles. The third kappa shape index (κ3) is 11.8. The van der Waals surface area contributed by atoms with E-state index in [9.17, 15) is 41.8 Å². The summed E-state index contributed by atoms with van der Waals surface area (Å²) in [6.45, 7) is 3.28. The maximum absolute atomic E-state index is 14.1. The molecule has 0 spiro atoms. The van der Waals surface area contributed by atoms with Crippen molar-refractivity contribution in [3.63, 3.8) is 0 Å². The quantitative estimate of drug-likeness (QED) is 0.145. The predicted octanol–water partition coefficient (Wildman–Crippen LogP) is 2.07. The zero-order chi connectivity index (χ0) is 34.6. The summed E-state index contributed by atoms with van der Waals surface area (Å²) < 4.78 is 53.9. The van der Waals surface area contributed by atoms with Crippen LogP contribution in [0.5, 0.6) is 0 Å². The van der Waals surface area contributed by atoms with Crippen LogP contribution in [-0.4, -0.2) is 77.1 Å². The van der Waals surface area contributed by atoms with E-state index in [0.29, 0.717) is 18.9 Å². The van der Waals surface area contributed by atoms with Crippen molar-refractivity contribution in [3.8, 4) is 0 Å². The molecule has 254 valence electrons. The van der Waals surface area contributed by atoms with Crippen LogP contribution in [-0.2, 0) is 32.4 Å². The monoisotopic (exact) mass is 674 g/mol. The molecule has 0 aliphatic carbocycles. The van der Waals surface area contributed by atoms with Crippen molar-refractivity contribution < 1.29 is 41.8 Å². The summed E-state index contributed by atoms with van der Waals surface area (Å²) in [7, 11) is -3.87. The standard InChI is InChI=1S/C33H40F2N4O7S/c1-3-4-13-47(45,46)20-28(39-32(43)24-11-8-12-36-19-24)33(44)38-27(16-23-14-25(34)17-26(35)15-23)30(41)29(40)21(2)31(42)37-18-22-9-6-5-7-10-22/h5-12,14-15,17,19,21,27-30,40-41H,3-4,13,16,18,20H2,1-2H3,(H,37,42)(H,38,44)(H,39,43)/t21-,27+,28?,29-,30-/m1/s1. The van der Waals surface area contributed by atoms with E-state index in [0.717, 1.165) is 17.7 Å². The van der Waals surface area contributed by atoms with Gasteiger partial charge in [-0.25, -0.2) is 17.2 Å². The lowest BCUT2D eigenvalue weighted by molar-refractivity contribution is -0.133. The molecule has 3 amide bonds. The molecule has 11 nitrogen and oxygen atoms in total. The third-order valence-electron chi connectivity index (χ3n) is 7.48. The summed E-state index contributed by atoms with van der Waals surface area (Å²) in [6, 6.07) is 11.3. The Bertz CT molecular complexity index is 1580. The van der Waals surface area contributed by atoms with Gasteiger partial charge in [-0.3, -0.25) is 19.4 Å². The van der Waals surface area contributed by atoms with Crippen LogP contribution in [0.15, 0.2) is 73.1 Å². The van der Waals surface area contributed by atoms with Crippen LogP contribution in [0.2, 0.25) is 0 Å². The first kappa shape index (κ1) is 37.2. The van der Waals surface area contributed by atoms with E-state index in [-0.39, 0.29) is 23.4 Å². The van der Waals surface area contributed by atoms with Crippen LogP contribution in [0.25, 0.3) is 0 Å². The minimum absolute atomic E-state index is 0.00764. The van der Waals surface area contributed by atoms with E-state index in [2.05, 4.69) is 20.9 Å². The number of nitrogens with one attached hydrogen (secondary N) is 3. The smallest absolute Gasteiger partial charge is 0.253 e. The van der Waals surface area contributed by atoms with Crippen molar-refractivity contribution in [1.82, 2.24) is 20.9 Å². The molecule has 1 unspecified atom stereocenters. The highest BCUT2D eigenvalue weighted by atomic mass is 32.2. The van der Waals surface area contributed by atoms with Crippen molar-refractivity contribution in [2.75, 3.05) is 11.5 Å². The second-order valence-corrected chi connectivity index (χ2v) is 13.5. The second kappa shape index (κ2) is 17.6. The van der Waals surface area contributed by atoms with Crippen molar-refractivity contribution in [2.24, 2.45) is 5.92 Å². The van der Waals surface area contributed by atoms with E-state index >= 15 is 0 Å². The Balaban J connectivity index is 1.87. The number of halogens is 2. The fraction of sp³-hybridized carbons (Fsp3) is 0.394. The van der Waals surface area contributed by atoms with Crippen LogP contribution in [0, 0.1) is 17.6 Å². The zero-order valence-electron chi connectivity index (χ0n) is 26.1. The molecule has 47 heavy (non-hydrogen) atoms. The highest BCUT2D eigenvalue weighted by molar-refractivity contribution is 7.91. The lowest BCUT2D eigenvalue weighted by Gasteiger charge is -2.32. The Kier molecular flexibility index (Phi) is 13.9. The fourth-order valence-electron chi connectivity index (χ4n) is 4.78. The van der Waals surface area contributed by atoms with Crippen molar-refractivity contribution >= 4 is 27.6 Å². The number of hydrogen-bond donors (Lipinski definition) is 5. The van der Waals surface area contributed by atoms with Crippen molar-refractivity contribution in [3.05, 3.63) is 101 Å². The van der Waals surface area contributed by atoms with Crippen molar-refractivity contribution in [1.29, 1.82) is 0 Å². The van der Waals surface area contributed by atoms with Gasteiger partial charge in [0.2, 0.25) is 11.8 Å². The van der Waals surface area contributed by atoms with Gasteiger partial charge in [0.15, 0.2) is 9.84 Å². The van der Waals surface area contributed by atoms with E-state index < -0.39 is 81.6 Å². The molecule has 0 aliphatic heterocycles. The average Bonchev–Trinajstić information content (AvgIpc) is 3.04. The Morgan fingerprint density at radius 1 is 0.894 bits per heavy atom.